The summed E-state index contributed by atoms with van der Waals surface area (Å²) in [6, 6.07) is 6.87. The maximum Gasteiger partial charge on any atom is 0.272 e. The summed E-state index contributed by atoms with van der Waals surface area (Å²) in [7, 11) is 0. The highest BCUT2D eigenvalue weighted by Crippen LogP contribution is 2.30. The number of hydrogen-bond acceptors (Lipinski definition) is 4. The summed E-state index contributed by atoms with van der Waals surface area (Å²) >= 11 is 0. The Bertz CT molecular complexity index is 888. The first kappa shape index (κ1) is 20.9. The van der Waals surface area contributed by atoms with Gasteiger partial charge in [-0.1, -0.05) is 12.1 Å². The Labute approximate surface area is 168 Å². The van der Waals surface area contributed by atoms with Crippen molar-refractivity contribution >= 4 is 11.7 Å². The Morgan fingerprint density at radius 1 is 1.21 bits per heavy atom. The summed E-state index contributed by atoms with van der Waals surface area (Å²) in [5.41, 5.74) is 3.36. The molecule has 1 heterocycles. The van der Waals surface area contributed by atoms with E-state index >= 15 is 0 Å². The largest absolute Gasteiger partial charge is 0.487 e. The number of benzene rings is 1. The third-order valence-corrected chi connectivity index (χ3v) is 4.79. The van der Waals surface area contributed by atoms with Crippen LogP contribution < -0.4 is 10.1 Å². The molecule has 0 bridgehead atoms. The van der Waals surface area contributed by atoms with Gasteiger partial charge in [0.1, 0.15) is 18.1 Å². The molecule has 1 fully saturated rings. The van der Waals surface area contributed by atoms with E-state index in [1.54, 1.807) is 38.1 Å². The maximum absolute atomic E-state index is 12.5. The van der Waals surface area contributed by atoms with E-state index in [4.69, 9.17) is 4.74 Å². The SMILES string of the molecule is Cc1cc(CNC(=O)c2ccnc(CC(=O)C3CC3)c2)cc(C)c1OCC(F)F. The number of aromatic nitrogens is 1. The van der Waals surface area contributed by atoms with Crippen LogP contribution in [0.4, 0.5) is 8.78 Å². The van der Waals surface area contributed by atoms with Crippen molar-refractivity contribution in [3.8, 4) is 5.75 Å². The van der Waals surface area contributed by atoms with Gasteiger partial charge in [-0.3, -0.25) is 14.6 Å². The van der Waals surface area contributed by atoms with Gasteiger partial charge in [0.2, 0.25) is 0 Å². The molecule has 3 rings (SSSR count). The summed E-state index contributed by atoms with van der Waals surface area (Å²) in [4.78, 5) is 28.6. The predicted octanol–water partition coefficient (Wildman–Crippen LogP) is 3.79. The number of hydrogen-bond donors (Lipinski definition) is 1. The molecule has 0 atom stereocenters. The van der Waals surface area contributed by atoms with E-state index in [1.807, 2.05) is 0 Å². The number of halogens is 2. The van der Waals surface area contributed by atoms with Crippen LogP contribution in [-0.4, -0.2) is 29.7 Å². The molecule has 7 heteroatoms. The summed E-state index contributed by atoms with van der Waals surface area (Å²) in [6.07, 6.45) is 1.16. The molecule has 0 radical (unpaired) electrons. The monoisotopic (exact) mass is 402 g/mol. The number of ether oxygens (including phenoxy) is 1. The highest BCUT2D eigenvalue weighted by Gasteiger charge is 2.29. The minimum absolute atomic E-state index is 0.161. The van der Waals surface area contributed by atoms with Crippen molar-refractivity contribution in [2.75, 3.05) is 6.61 Å². The topological polar surface area (TPSA) is 68.3 Å². The lowest BCUT2D eigenvalue weighted by molar-refractivity contribution is -0.119. The van der Waals surface area contributed by atoms with E-state index in [-0.39, 0.29) is 30.6 Å². The fourth-order valence-corrected chi connectivity index (χ4v) is 3.24. The van der Waals surface area contributed by atoms with Gasteiger partial charge in [0.05, 0.1) is 0 Å². The Kier molecular flexibility index (Phi) is 6.56. The standard InChI is InChI=1S/C22H24F2N2O3/c1-13-7-15(8-14(2)21(13)29-12-20(23)24)11-26-22(28)17-5-6-25-18(9-17)10-19(27)16-3-4-16/h5-9,16,20H,3-4,10-12H2,1-2H3,(H,26,28). The second-order valence-corrected chi connectivity index (χ2v) is 7.40. The Morgan fingerprint density at radius 3 is 2.52 bits per heavy atom. The van der Waals surface area contributed by atoms with Crippen LogP contribution in [0.3, 0.4) is 0 Å². The van der Waals surface area contributed by atoms with Gasteiger partial charge in [-0.2, -0.15) is 0 Å². The number of ketones is 1. The molecule has 1 aliphatic carbocycles. The minimum atomic E-state index is -2.53. The average molecular weight is 402 g/mol. The van der Waals surface area contributed by atoms with Crippen LogP contribution in [0.1, 0.15) is 45.6 Å². The van der Waals surface area contributed by atoms with Crippen LogP contribution in [0, 0.1) is 19.8 Å². The van der Waals surface area contributed by atoms with Crippen LogP contribution in [0.5, 0.6) is 5.75 Å². The molecule has 0 saturated heterocycles. The van der Waals surface area contributed by atoms with Crippen molar-refractivity contribution in [1.29, 1.82) is 0 Å². The number of amides is 1. The molecule has 1 amide bonds. The molecular weight excluding hydrogens is 378 g/mol. The number of nitrogens with zero attached hydrogens (tertiary/aromatic N) is 1. The van der Waals surface area contributed by atoms with E-state index in [2.05, 4.69) is 10.3 Å². The van der Waals surface area contributed by atoms with E-state index in [9.17, 15) is 18.4 Å². The third kappa shape index (κ3) is 5.82. The van der Waals surface area contributed by atoms with Crippen LogP contribution >= 0.6 is 0 Å². The van der Waals surface area contributed by atoms with Gasteiger partial charge in [0.25, 0.3) is 12.3 Å². The van der Waals surface area contributed by atoms with Crippen LogP contribution in [-0.2, 0) is 17.8 Å². The predicted molar refractivity (Wildman–Crippen MR) is 104 cm³/mol. The summed E-state index contributed by atoms with van der Waals surface area (Å²) < 4.78 is 29.9. The van der Waals surface area contributed by atoms with Gasteiger partial charge < -0.3 is 10.1 Å². The number of carbonyl (C=O) groups is 2. The Balaban J connectivity index is 1.61. The van der Waals surface area contributed by atoms with Crippen molar-refractivity contribution in [2.24, 2.45) is 5.92 Å². The zero-order valence-corrected chi connectivity index (χ0v) is 16.5. The van der Waals surface area contributed by atoms with Gasteiger partial charge in [0.15, 0.2) is 0 Å². The molecule has 2 aromatic rings. The number of nitrogens with one attached hydrogen (secondary N) is 1. The zero-order valence-electron chi connectivity index (χ0n) is 16.5. The number of alkyl halides is 2. The van der Waals surface area contributed by atoms with Gasteiger partial charge in [-0.05, 0) is 55.5 Å². The lowest BCUT2D eigenvalue weighted by atomic mass is 10.1. The number of pyridine rings is 1. The number of rotatable bonds is 9. The summed E-state index contributed by atoms with van der Waals surface area (Å²) in [5.74, 6) is 0.518. The normalized spacial score (nSPS) is 13.4. The smallest absolute Gasteiger partial charge is 0.272 e. The molecule has 1 aliphatic rings. The minimum Gasteiger partial charge on any atom is -0.487 e. The first-order chi connectivity index (χ1) is 13.8. The molecule has 1 aromatic heterocycles. The quantitative estimate of drug-likeness (QED) is 0.693. The molecular formula is C22H24F2N2O3. The van der Waals surface area contributed by atoms with Crippen LogP contribution in [0.15, 0.2) is 30.5 Å². The molecule has 29 heavy (non-hydrogen) atoms. The first-order valence-corrected chi connectivity index (χ1v) is 9.60. The molecule has 1 aromatic carbocycles. The van der Waals surface area contributed by atoms with E-state index < -0.39 is 13.0 Å². The average Bonchev–Trinajstić information content (AvgIpc) is 3.50. The molecule has 154 valence electrons. The third-order valence-electron chi connectivity index (χ3n) is 4.79. The van der Waals surface area contributed by atoms with Gasteiger partial charge in [-0.15, -0.1) is 0 Å². The fourth-order valence-electron chi connectivity index (χ4n) is 3.24. The molecule has 1 saturated carbocycles. The zero-order chi connectivity index (χ0) is 21.0. The summed E-state index contributed by atoms with van der Waals surface area (Å²) in [6.45, 7) is 3.20. The van der Waals surface area contributed by atoms with Crippen molar-refractivity contribution in [1.82, 2.24) is 10.3 Å². The van der Waals surface area contributed by atoms with E-state index in [0.29, 0.717) is 17.0 Å². The highest BCUT2D eigenvalue weighted by molar-refractivity contribution is 5.94. The van der Waals surface area contributed by atoms with E-state index in [0.717, 1.165) is 29.5 Å². The number of carbonyl (C=O) groups excluding carboxylic acids is 2. The maximum atomic E-state index is 12.5. The molecule has 0 spiro atoms. The highest BCUT2D eigenvalue weighted by atomic mass is 19.3. The van der Waals surface area contributed by atoms with Crippen LogP contribution in [0.2, 0.25) is 0 Å². The second-order valence-electron chi connectivity index (χ2n) is 7.40. The van der Waals surface area contributed by atoms with Gasteiger partial charge in [0, 0.05) is 36.3 Å². The van der Waals surface area contributed by atoms with Crippen molar-refractivity contribution < 1.29 is 23.1 Å². The lowest BCUT2D eigenvalue weighted by Gasteiger charge is -2.14. The number of Topliss-reactive ketones (excluding diaryl/α,β-unsaturated/α-hetero) is 1. The van der Waals surface area contributed by atoms with Crippen molar-refractivity contribution in [3.63, 3.8) is 0 Å². The van der Waals surface area contributed by atoms with Crippen molar-refractivity contribution in [2.45, 2.75) is 46.1 Å². The summed E-state index contributed by atoms with van der Waals surface area (Å²) in [5, 5.41) is 2.84. The molecule has 0 aliphatic heterocycles. The van der Waals surface area contributed by atoms with Crippen molar-refractivity contribution in [3.05, 3.63) is 58.4 Å². The van der Waals surface area contributed by atoms with Gasteiger partial charge in [-0.25, -0.2) is 8.78 Å². The fraction of sp³-hybridized carbons (Fsp3) is 0.409. The molecule has 1 N–H and O–H groups in total. The lowest BCUT2D eigenvalue weighted by Crippen LogP contribution is -2.23. The van der Waals surface area contributed by atoms with E-state index in [1.165, 1.54) is 6.20 Å². The van der Waals surface area contributed by atoms with Gasteiger partial charge >= 0.3 is 0 Å². The Hall–Kier alpha value is -2.83. The molecule has 5 nitrogen and oxygen atoms in total. The Morgan fingerprint density at radius 2 is 1.90 bits per heavy atom. The molecule has 0 unspecified atom stereocenters. The first-order valence-electron chi connectivity index (χ1n) is 9.60. The number of aryl methyl sites for hydroxylation is 2. The van der Waals surface area contributed by atoms with Crippen LogP contribution in [0.25, 0.3) is 0 Å². The second kappa shape index (κ2) is 9.11.